The molecule has 3 fully saturated rings. The molecule has 6 atom stereocenters. The fourth-order valence-electron chi connectivity index (χ4n) is 6.53. The Morgan fingerprint density at radius 1 is 1.05 bits per heavy atom. The van der Waals surface area contributed by atoms with Crippen LogP contribution in [-0.4, -0.2) is 17.0 Å². The Morgan fingerprint density at radius 3 is 2.67 bits per heavy atom. The van der Waals surface area contributed by atoms with E-state index < -0.39 is 0 Å². The molecule has 0 aromatic carbocycles. The molecule has 0 amide bonds. The minimum atomic E-state index is -0.0823. The second-order valence-corrected chi connectivity index (χ2v) is 8.61. The van der Waals surface area contributed by atoms with Crippen LogP contribution < -0.4 is 0 Å². The number of hydrogen-bond acceptors (Lipinski definition) is 2. The second-order valence-electron chi connectivity index (χ2n) is 8.61. The van der Waals surface area contributed by atoms with Crippen molar-refractivity contribution < 1.29 is 9.90 Å². The predicted octanol–water partition coefficient (Wildman–Crippen LogP) is 3.88. The van der Waals surface area contributed by atoms with Crippen molar-refractivity contribution >= 4 is 5.78 Å². The maximum Gasteiger partial charge on any atom is 0.155 e. The minimum absolute atomic E-state index is 0.0823. The third kappa shape index (κ3) is 1.78. The second kappa shape index (κ2) is 4.44. The summed E-state index contributed by atoms with van der Waals surface area (Å²) in [7, 11) is 0. The summed E-state index contributed by atoms with van der Waals surface area (Å²) in [5.74, 6) is 2.57. The molecule has 0 heterocycles. The molecular formula is C19H28O2. The number of aliphatic hydroxyl groups is 1. The number of rotatable bonds is 0. The molecule has 4 rings (SSSR count). The molecular weight excluding hydrogens is 260 g/mol. The van der Waals surface area contributed by atoms with Gasteiger partial charge in [-0.3, -0.25) is 4.79 Å². The lowest BCUT2D eigenvalue weighted by atomic mass is 9.47. The average Bonchev–Trinajstić information content (AvgIpc) is 2.76. The van der Waals surface area contributed by atoms with E-state index in [1.807, 2.05) is 6.08 Å². The van der Waals surface area contributed by atoms with Crippen LogP contribution >= 0.6 is 0 Å². The van der Waals surface area contributed by atoms with Gasteiger partial charge in [0.25, 0.3) is 0 Å². The first kappa shape index (κ1) is 14.0. The highest BCUT2D eigenvalue weighted by molar-refractivity contribution is 5.91. The van der Waals surface area contributed by atoms with Gasteiger partial charge in [-0.2, -0.15) is 0 Å². The SMILES string of the molecule is CC12CCC(=O)C=C1CC[C@H]1[C@H]2CC[C@]2(C)[C@@H](O)CC[C@@H]12. The van der Waals surface area contributed by atoms with Crippen LogP contribution in [0.1, 0.15) is 65.2 Å². The molecule has 0 spiro atoms. The van der Waals surface area contributed by atoms with E-state index in [1.165, 1.54) is 31.3 Å². The van der Waals surface area contributed by atoms with Crippen LogP contribution in [0.25, 0.3) is 0 Å². The summed E-state index contributed by atoms with van der Waals surface area (Å²) in [6.45, 7) is 4.76. The lowest BCUT2D eigenvalue weighted by Gasteiger charge is -2.57. The normalized spacial score (nSPS) is 52.7. The number of fused-ring (bicyclic) bond motifs is 5. The molecule has 0 radical (unpaired) electrons. The Morgan fingerprint density at radius 2 is 1.86 bits per heavy atom. The van der Waals surface area contributed by atoms with Crippen molar-refractivity contribution in [1.82, 2.24) is 0 Å². The van der Waals surface area contributed by atoms with Crippen LogP contribution in [0, 0.1) is 28.6 Å². The Balaban J connectivity index is 1.69. The molecule has 0 saturated heterocycles. The highest BCUT2D eigenvalue weighted by Crippen LogP contribution is 2.65. The zero-order chi connectivity index (χ0) is 14.8. The number of allylic oxidation sites excluding steroid dienone is 1. The summed E-state index contributed by atoms with van der Waals surface area (Å²) in [6, 6.07) is 0. The van der Waals surface area contributed by atoms with Gasteiger partial charge in [0.2, 0.25) is 0 Å². The largest absolute Gasteiger partial charge is 0.393 e. The van der Waals surface area contributed by atoms with Gasteiger partial charge in [-0.25, -0.2) is 0 Å². The quantitative estimate of drug-likeness (QED) is 0.734. The Hall–Kier alpha value is -0.630. The number of ketones is 1. The van der Waals surface area contributed by atoms with Gasteiger partial charge >= 0.3 is 0 Å². The third-order valence-corrected chi connectivity index (χ3v) is 7.91. The zero-order valence-corrected chi connectivity index (χ0v) is 13.4. The van der Waals surface area contributed by atoms with Crippen molar-refractivity contribution in [2.75, 3.05) is 0 Å². The van der Waals surface area contributed by atoms with Crippen molar-refractivity contribution in [3.63, 3.8) is 0 Å². The van der Waals surface area contributed by atoms with Gasteiger partial charge in [-0.15, -0.1) is 0 Å². The first-order valence-electron chi connectivity index (χ1n) is 8.87. The molecule has 1 unspecified atom stereocenters. The van der Waals surface area contributed by atoms with Crippen molar-refractivity contribution in [2.24, 2.45) is 28.6 Å². The maximum absolute atomic E-state index is 11.8. The molecule has 0 aliphatic heterocycles. The van der Waals surface area contributed by atoms with Crippen molar-refractivity contribution in [3.05, 3.63) is 11.6 Å². The number of aliphatic hydroxyl groups excluding tert-OH is 1. The molecule has 3 saturated carbocycles. The van der Waals surface area contributed by atoms with Crippen molar-refractivity contribution in [2.45, 2.75) is 71.3 Å². The molecule has 21 heavy (non-hydrogen) atoms. The topological polar surface area (TPSA) is 37.3 Å². The standard InChI is InChI=1S/C19H28O2/c1-18-9-7-13(20)11-12(18)3-4-14-15-5-6-17(21)19(15,2)10-8-16(14)18/h11,14-17,21H,3-10H2,1-2H3/t14-,15+,16-,17+,18?,19+/m1/s1. The molecule has 2 heteroatoms. The van der Waals surface area contributed by atoms with Crippen LogP contribution in [0.5, 0.6) is 0 Å². The number of carbonyl (C=O) groups excluding carboxylic acids is 1. The maximum atomic E-state index is 11.8. The molecule has 1 N–H and O–H groups in total. The molecule has 4 aliphatic carbocycles. The summed E-state index contributed by atoms with van der Waals surface area (Å²) in [4.78, 5) is 11.8. The van der Waals surface area contributed by atoms with E-state index in [0.29, 0.717) is 11.7 Å². The van der Waals surface area contributed by atoms with Crippen molar-refractivity contribution in [3.8, 4) is 0 Å². The first-order valence-corrected chi connectivity index (χ1v) is 8.87. The van der Waals surface area contributed by atoms with E-state index in [4.69, 9.17) is 0 Å². The van der Waals surface area contributed by atoms with E-state index in [9.17, 15) is 9.90 Å². The van der Waals surface area contributed by atoms with Gasteiger partial charge in [0.05, 0.1) is 6.10 Å². The van der Waals surface area contributed by atoms with Crippen LogP contribution in [0.4, 0.5) is 0 Å². The van der Waals surface area contributed by atoms with Crippen LogP contribution in [0.2, 0.25) is 0 Å². The Bertz CT molecular complexity index is 508. The molecule has 2 nitrogen and oxygen atoms in total. The summed E-state index contributed by atoms with van der Waals surface area (Å²) in [6.07, 6.45) is 10.7. The lowest BCUT2D eigenvalue weighted by Crippen LogP contribution is -2.51. The van der Waals surface area contributed by atoms with Gasteiger partial charge < -0.3 is 5.11 Å². The van der Waals surface area contributed by atoms with Gasteiger partial charge in [0, 0.05) is 6.42 Å². The molecule has 0 bridgehead atoms. The van der Waals surface area contributed by atoms with Crippen LogP contribution in [0.15, 0.2) is 11.6 Å². The van der Waals surface area contributed by atoms with Crippen LogP contribution in [-0.2, 0) is 4.79 Å². The summed E-state index contributed by atoms with van der Waals surface area (Å²) >= 11 is 0. The van der Waals surface area contributed by atoms with E-state index in [1.54, 1.807) is 0 Å². The fraction of sp³-hybridized carbons (Fsp3) is 0.842. The van der Waals surface area contributed by atoms with E-state index in [0.717, 1.165) is 37.5 Å². The van der Waals surface area contributed by atoms with Gasteiger partial charge in [0.1, 0.15) is 0 Å². The highest BCUT2D eigenvalue weighted by atomic mass is 16.3. The van der Waals surface area contributed by atoms with E-state index >= 15 is 0 Å². The van der Waals surface area contributed by atoms with E-state index in [2.05, 4.69) is 13.8 Å². The summed E-state index contributed by atoms with van der Waals surface area (Å²) in [5.41, 5.74) is 1.89. The Labute approximate surface area is 128 Å². The van der Waals surface area contributed by atoms with Crippen molar-refractivity contribution in [1.29, 1.82) is 0 Å². The van der Waals surface area contributed by atoms with Gasteiger partial charge in [-0.05, 0) is 79.6 Å². The van der Waals surface area contributed by atoms with Gasteiger partial charge in [-0.1, -0.05) is 19.4 Å². The molecule has 0 aromatic heterocycles. The first-order chi connectivity index (χ1) is 9.95. The molecule has 4 aliphatic rings. The summed E-state index contributed by atoms with van der Waals surface area (Å²) < 4.78 is 0. The highest BCUT2D eigenvalue weighted by Gasteiger charge is 2.58. The summed E-state index contributed by atoms with van der Waals surface area (Å²) in [5, 5.41) is 10.4. The molecule has 116 valence electrons. The van der Waals surface area contributed by atoms with Crippen LogP contribution in [0.3, 0.4) is 0 Å². The number of carbonyl (C=O) groups is 1. The lowest BCUT2D eigenvalue weighted by molar-refractivity contribution is -0.118. The third-order valence-electron chi connectivity index (χ3n) is 7.91. The molecule has 0 aromatic rings. The fourth-order valence-corrected chi connectivity index (χ4v) is 6.53. The Kier molecular flexibility index (Phi) is 2.96. The average molecular weight is 288 g/mol. The van der Waals surface area contributed by atoms with E-state index in [-0.39, 0.29) is 16.9 Å². The number of hydrogen-bond donors (Lipinski definition) is 1. The monoisotopic (exact) mass is 288 g/mol. The zero-order valence-electron chi connectivity index (χ0n) is 13.4. The smallest absolute Gasteiger partial charge is 0.155 e. The predicted molar refractivity (Wildman–Crippen MR) is 82.7 cm³/mol. The van der Waals surface area contributed by atoms with Gasteiger partial charge in [0.15, 0.2) is 5.78 Å². The minimum Gasteiger partial charge on any atom is -0.393 e.